The van der Waals surface area contributed by atoms with E-state index in [2.05, 4.69) is 0 Å². The van der Waals surface area contributed by atoms with Crippen LogP contribution in [0.4, 0.5) is 0 Å². The first-order valence-corrected chi connectivity index (χ1v) is 6.23. The van der Waals surface area contributed by atoms with Crippen LogP contribution in [-0.2, 0) is 6.42 Å². The number of carbonyl (C=O) groups is 1. The minimum absolute atomic E-state index is 0.0188. The van der Waals surface area contributed by atoms with E-state index in [9.17, 15) is 9.90 Å². The molecule has 0 radical (unpaired) electrons. The van der Waals surface area contributed by atoms with E-state index < -0.39 is 0 Å². The Morgan fingerprint density at radius 1 is 1.16 bits per heavy atom. The molecule has 3 nitrogen and oxygen atoms in total. The van der Waals surface area contributed by atoms with Gasteiger partial charge >= 0.3 is 0 Å². The second kappa shape index (κ2) is 6.05. The van der Waals surface area contributed by atoms with Crippen LogP contribution in [0.25, 0.3) is 0 Å². The lowest BCUT2D eigenvalue weighted by molar-refractivity contribution is 0.0989. The fraction of sp³-hybridized carbons (Fsp3) is 0.188. The van der Waals surface area contributed by atoms with Gasteiger partial charge in [-0.1, -0.05) is 24.3 Å². The van der Waals surface area contributed by atoms with Crippen molar-refractivity contribution in [2.75, 3.05) is 6.61 Å². The van der Waals surface area contributed by atoms with Gasteiger partial charge in [-0.05, 0) is 36.8 Å². The van der Waals surface area contributed by atoms with E-state index in [4.69, 9.17) is 4.74 Å². The fourth-order valence-electron chi connectivity index (χ4n) is 1.93. The number of hydrogen-bond acceptors (Lipinski definition) is 3. The SMILES string of the molecule is CCOc1ccccc1C(=O)Cc1cccc(O)c1. The number of rotatable bonds is 5. The zero-order valence-electron chi connectivity index (χ0n) is 10.8. The average molecular weight is 256 g/mol. The lowest BCUT2D eigenvalue weighted by Gasteiger charge is -2.09. The van der Waals surface area contributed by atoms with E-state index in [0.717, 1.165) is 5.56 Å². The third-order valence-corrected chi connectivity index (χ3v) is 2.76. The van der Waals surface area contributed by atoms with E-state index in [0.29, 0.717) is 17.9 Å². The number of ketones is 1. The van der Waals surface area contributed by atoms with Gasteiger partial charge in [0.25, 0.3) is 0 Å². The molecule has 98 valence electrons. The highest BCUT2D eigenvalue weighted by Gasteiger charge is 2.12. The van der Waals surface area contributed by atoms with Crippen molar-refractivity contribution in [1.82, 2.24) is 0 Å². The summed E-state index contributed by atoms with van der Waals surface area (Å²) >= 11 is 0. The van der Waals surface area contributed by atoms with E-state index in [1.807, 2.05) is 25.1 Å². The molecule has 0 atom stereocenters. The molecule has 0 aliphatic heterocycles. The molecule has 0 aromatic heterocycles. The van der Waals surface area contributed by atoms with Gasteiger partial charge in [-0.25, -0.2) is 0 Å². The van der Waals surface area contributed by atoms with Gasteiger partial charge in [0.1, 0.15) is 11.5 Å². The summed E-state index contributed by atoms with van der Waals surface area (Å²) in [5, 5.41) is 9.40. The molecule has 2 aromatic carbocycles. The van der Waals surface area contributed by atoms with Gasteiger partial charge in [-0.3, -0.25) is 4.79 Å². The molecule has 0 amide bonds. The molecule has 0 aliphatic rings. The van der Waals surface area contributed by atoms with Gasteiger partial charge in [0.2, 0.25) is 0 Å². The molecule has 19 heavy (non-hydrogen) atoms. The van der Waals surface area contributed by atoms with Crippen LogP contribution in [0.1, 0.15) is 22.8 Å². The maximum atomic E-state index is 12.3. The van der Waals surface area contributed by atoms with Crippen molar-refractivity contribution in [2.45, 2.75) is 13.3 Å². The maximum absolute atomic E-state index is 12.3. The lowest BCUT2D eigenvalue weighted by Crippen LogP contribution is -2.06. The molecular formula is C16H16O3. The van der Waals surface area contributed by atoms with Crippen LogP contribution in [0.3, 0.4) is 0 Å². The monoisotopic (exact) mass is 256 g/mol. The first-order valence-electron chi connectivity index (χ1n) is 6.23. The van der Waals surface area contributed by atoms with Gasteiger partial charge in [0.15, 0.2) is 5.78 Å². The zero-order valence-corrected chi connectivity index (χ0v) is 10.8. The Balaban J connectivity index is 2.20. The van der Waals surface area contributed by atoms with Crippen LogP contribution in [-0.4, -0.2) is 17.5 Å². The Hall–Kier alpha value is -2.29. The van der Waals surface area contributed by atoms with Crippen molar-refractivity contribution in [2.24, 2.45) is 0 Å². The molecule has 0 saturated heterocycles. The van der Waals surface area contributed by atoms with Crippen LogP contribution in [0, 0.1) is 0 Å². The molecule has 0 bridgehead atoms. The molecule has 0 fully saturated rings. The molecule has 0 spiro atoms. The third-order valence-electron chi connectivity index (χ3n) is 2.76. The smallest absolute Gasteiger partial charge is 0.170 e. The molecule has 1 N–H and O–H groups in total. The fourth-order valence-corrected chi connectivity index (χ4v) is 1.93. The summed E-state index contributed by atoms with van der Waals surface area (Å²) in [5.74, 6) is 0.758. The summed E-state index contributed by atoms with van der Waals surface area (Å²) in [4.78, 5) is 12.3. The Labute approximate surface area is 112 Å². The predicted molar refractivity (Wildman–Crippen MR) is 73.8 cm³/mol. The Morgan fingerprint density at radius 2 is 1.95 bits per heavy atom. The number of ether oxygens (including phenoxy) is 1. The van der Waals surface area contributed by atoms with Gasteiger partial charge in [0, 0.05) is 6.42 Å². The predicted octanol–water partition coefficient (Wildman–Crippen LogP) is 3.22. The Kier molecular flexibility index (Phi) is 4.18. The van der Waals surface area contributed by atoms with E-state index >= 15 is 0 Å². The minimum Gasteiger partial charge on any atom is -0.508 e. The van der Waals surface area contributed by atoms with Gasteiger partial charge in [0.05, 0.1) is 12.2 Å². The van der Waals surface area contributed by atoms with Crippen LogP contribution in [0.15, 0.2) is 48.5 Å². The van der Waals surface area contributed by atoms with E-state index in [-0.39, 0.29) is 18.0 Å². The van der Waals surface area contributed by atoms with Crippen molar-refractivity contribution < 1.29 is 14.6 Å². The number of carbonyl (C=O) groups excluding carboxylic acids is 1. The molecule has 3 heteroatoms. The Bertz CT molecular complexity index is 576. The maximum Gasteiger partial charge on any atom is 0.170 e. The number of para-hydroxylation sites is 1. The molecular weight excluding hydrogens is 240 g/mol. The number of phenolic OH excluding ortho intramolecular Hbond substituents is 1. The number of phenols is 1. The number of Topliss-reactive ketones (excluding diaryl/α,β-unsaturated/α-hetero) is 1. The summed E-state index contributed by atoms with van der Waals surface area (Å²) in [7, 11) is 0. The molecule has 2 aromatic rings. The molecule has 2 rings (SSSR count). The standard InChI is InChI=1S/C16H16O3/c1-2-19-16-9-4-3-8-14(16)15(18)11-12-6-5-7-13(17)10-12/h3-10,17H,2,11H2,1H3. The van der Waals surface area contributed by atoms with E-state index in [1.54, 1.807) is 30.3 Å². The molecule has 0 heterocycles. The van der Waals surface area contributed by atoms with Gasteiger partial charge in [-0.15, -0.1) is 0 Å². The summed E-state index contributed by atoms with van der Waals surface area (Å²) in [6.45, 7) is 2.41. The highest BCUT2D eigenvalue weighted by atomic mass is 16.5. The average Bonchev–Trinajstić information content (AvgIpc) is 2.39. The van der Waals surface area contributed by atoms with Crippen LogP contribution in [0.2, 0.25) is 0 Å². The molecule has 0 unspecified atom stereocenters. The molecule has 0 aliphatic carbocycles. The quantitative estimate of drug-likeness (QED) is 0.835. The third kappa shape index (κ3) is 3.35. The van der Waals surface area contributed by atoms with Crippen LogP contribution >= 0.6 is 0 Å². The number of benzene rings is 2. The van der Waals surface area contributed by atoms with E-state index in [1.165, 1.54) is 0 Å². The second-order valence-corrected chi connectivity index (χ2v) is 4.20. The number of hydrogen-bond donors (Lipinski definition) is 1. The summed E-state index contributed by atoms with van der Waals surface area (Å²) in [6.07, 6.45) is 0.248. The first-order chi connectivity index (χ1) is 9.20. The van der Waals surface area contributed by atoms with Crippen molar-refractivity contribution in [3.63, 3.8) is 0 Å². The van der Waals surface area contributed by atoms with Crippen molar-refractivity contribution in [1.29, 1.82) is 0 Å². The summed E-state index contributed by atoms with van der Waals surface area (Å²) in [6, 6.07) is 13.9. The highest BCUT2D eigenvalue weighted by Crippen LogP contribution is 2.21. The van der Waals surface area contributed by atoms with Crippen LogP contribution in [0.5, 0.6) is 11.5 Å². The zero-order chi connectivity index (χ0) is 13.7. The van der Waals surface area contributed by atoms with Gasteiger partial charge < -0.3 is 9.84 Å². The number of aromatic hydroxyl groups is 1. The summed E-state index contributed by atoms with van der Waals surface area (Å²) < 4.78 is 5.45. The first kappa shape index (κ1) is 13.1. The van der Waals surface area contributed by atoms with Crippen molar-refractivity contribution >= 4 is 5.78 Å². The van der Waals surface area contributed by atoms with Crippen molar-refractivity contribution in [3.8, 4) is 11.5 Å². The largest absolute Gasteiger partial charge is 0.508 e. The Morgan fingerprint density at radius 3 is 2.68 bits per heavy atom. The summed E-state index contributed by atoms with van der Waals surface area (Å²) in [5.41, 5.74) is 1.36. The van der Waals surface area contributed by atoms with Crippen molar-refractivity contribution in [3.05, 3.63) is 59.7 Å². The molecule has 0 saturated carbocycles. The lowest BCUT2D eigenvalue weighted by atomic mass is 10.0. The van der Waals surface area contributed by atoms with Crippen LogP contribution < -0.4 is 4.74 Å². The second-order valence-electron chi connectivity index (χ2n) is 4.20. The topological polar surface area (TPSA) is 46.5 Å². The highest BCUT2D eigenvalue weighted by molar-refractivity contribution is 6.00. The normalized spacial score (nSPS) is 10.2. The van der Waals surface area contributed by atoms with Gasteiger partial charge in [-0.2, -0.15) is 0 Å². The minimum atomic E-state index is -0.0188.